The minimum Gasteiger partial charge on any atom is -0.358 e. The fourth-order valence-electron chi connectivity index (χ4n) is 2.25. The monoisotopic (exact) mass is 239 g/mol. The standard InChI is InChI=1S/C12H18NO2P/c1-9(2)10-8-13-12(7-11(10)14)16(15)5-3-4-6-16/h7-9H,3-6H2,1-2H3,(H,13,14). The van der Waals surface area contributed by atoms with E-state index in [1.165, 1.54) is 0 Å². The third kappa shape index (κ3) is 2.01. The Labute approximate surface area is 95.7 Å². The number of rotatable bonds is 2. The van der Waals surface area contributed by atoms with Crippen LogP contribution in [0.15, 0.2) is 17.1 Å². The zero-order chi connectivity index (χ0) is 11.8. The van der Waals surface area contributed by atoms with E-state index in [2.05, 4.69) is 4.98 Å². The van der Waals surface area contributed by atoms with E-state index in [4.69, 9.17) is 0 Å². The SMILES string of the molecule is CC(C)c1c[nH]c(P2(=O)CCCC2)cc1=O. The highest BCUT2D eigenvalue weighted by atomic mass is 31.2. The molecule has 0 aliphatic carbocycles. The van der Waals surface area contributed by atoms with Gasteiger partial charge in [0, 0.05) is 30.2 Å². The minimum atomic E-state index is -2.25. The Morgan fingerprint density at radius 1 is 1.31 bits per heavy atom. The molecule has 4 heteroatoms. The summed E-state index contributed by atoms with van der Waals surface area (Å²) < 4.78 is 12.5. The summed E-state index contributed by atoms with van der Waals surface area (Å²) in [7, 11) is -2.25. The van der Waals surface area contributed by atoms with Gasteiger partial charge in [-0.05, 0) is 18.8 Å². The molecule has 0 saturated carbocycles. The molecule has 0 unspecified atom stereocenters. The average molecular weight is 239 g/mol. The maximum atomic E-state index is 12.5. The van der Waals surface area contributed by atoms with Crippen LogP contribution in [0.2, 0.25) is 0 Å². The summed E-state index contributed by atoms with van der Waals surface area (Å²) in [5, 5.41) is 0. The van der Waals surface area contributed by atoms with E-state index in [9.17, 15) is 9.36 Å². The molecule has 2 heterocycles. The number of aromatic nitrogens is 1. The van der Waals surface area contributed by atoms with E-state index < -0.39 is 7.14 Å². The number of aromatic amines is 1. The fraction of sp³-hybridized carbons (Fsp3) is 0.583. The van der Waals surface area contributed by atoms with Crippen LogP contribution in [-0.4, -0.2) is 17.3 Å². The van der Waals surface area contributed by atoms with Crippen molar-refractivity contribution in [1.82, 2.24) is 4.98 Å². The third-order valence-electron chi connectivity index (χ3n) is 3.28. The molecule has 1 aromatic heterocycles. The number of hydrogen-bond acceptors (Lipinski definition) is 2. The molecule has 1 fully saturated rings. The molecule has 1 saturated heterocycles. The van der Waals surface area contributed by atoms with E-state index in [0.717, 1.165) is 30.7 Å². The zero-order valence-corrected chi connectivity index (χ0v) is 10.7. The van der Waals surface area contributed by atoms with Crippen LogP contribution in [-0.2, 0) is 4.57 Å². The molecule has 0 radical (unpaired) electrons. The summed E-state index contributed by atoms with van der Waals surface area (Å²) in [5.74, 6) is 0.210. The summed E-state index contributed by atoms with van der Waals surface area (Å²) in [6.07, 6.45) is 5.28. The van der Waals surface area contributed by atoms with Crippen molar-refractivity contribution in [3.05, 3.63) is 28.0 Å². The molecule has 1 aliphatic rings. The largest absolute Gasteiger partial charge is 0.358 e. The molecule has 1 aliphatic heterocycles. The van der Waals surface area contributed by atoms with Gasteiger partial charge >= 0.3 is 0 Å². The van der Waals surface area contributed by atoms with E-state index in [1.54, 1.807) is 12.3 Å². The molecule has 0 aromatic carbocycles. The van der Waals surface area contributed by atoms with Crippen molar-refractivity contribution < 1.29 is 4.57 Å². The van der Waals surface area contributed by atoms with Gasteiger partial charge < -0.3 is 9.55 Å². The van der Waals surface area contributed by atoms with Gasteiger partial charge in [0.15, 0.2) is 5.43 Å². The highest BCUT2D eigenvalue weighted by Gasteiger charge is 2.30. The number of pyridine rings is 1. The van der Waals surface area contributed by atoms with Gasteiger partial charge in [-0.3, -0.25) is 4.79 Å². The van der Waals surface area contributed by atoms with Gasteiger partial charge in [0.2, 0.25) is 0 Å². The van der Waals surface area contributed by atoms with Crippen molar-refractivity contribution in [1.29, 1.82) is 0 Å². The average Bonchev–Trinajstić information content (AvgIpc) is 2.66. The molecular formula is C12H18NO2P. The normalized spacial score (nSPS) is 19.2. The molecule has 0 amide bonds. The molecular weight excluding hydrogens is 221 g/mol. The molecule has 3 nitrogen and oxygen atoms in total. The molecule has 0 atom stereocenters. The second-order valence-corrected chi connectivity index (χ2v) is 7.99. The Morgan fingerprint density at radius 3 is 2.44 bits per heavy atom. The second-order valence-electron chi connectivity index (χ2n) is 4.84. The summed E-state index contributed by atoms with van der Waals surface area (Å²) >= 11 is 0. The van der Waals surface area contributed by atoms with Crippen LogP contribution < -0.4 is 10.9 Å². The number of nitrogens with one attached hydrogen (secondary N) is 1. The van der Waals surface area contributed by atoms with Gasteiger partial charge in [-0.25, -0.2) is 0 Å². The van der Waals surface area contributed by atoms with Crippen LogP contribution in [0.1, 0.15) is 38.2 Å². The number of H-pyrrole nitrogens is 1. The highest BCUT2D eigenvalue weighted by Crippen LogP contribution is 2.49. The molecule has 0 bridgehead atoms. The van der Waals surface area contributed by atoms with Crippen LogP contribution in [0.3, 0.4) is 0 Å². The molecule has 2 rings (SSSR count). The molecule has 1 aromatic rings. The van der Waals surface area contributed by atoms with Crippen molar-refractivity contribution in [3.63, 3.8) is 0 Å². The van der Waals surface area contributed by atoms with Crippen LogP contribution in [0, 0.1) is 0 Å². The van der Waals surface area contributed by atoms with Gasteiger partial charge in [-0.2, -0.15) is 0 Å². The maximum absolute atomic E-state index is 12.5. The lowest BCUT2D eigenvalue weighted by Crippen LogP contribution is -2.21. The van der Waals surface area contributed by atoms with Crippen molar-refractivity contribution in [2.24, 2.45) is 0 Å². The quantitative estimate of drug-likeness (QED) is 0.805. The van der Waals surface area contributed by atoms with E-state index in [0.29, 0.717) is 5.44 Å². The second kappa shape index (κ2) is 4.21. The first-order chi connectivity index (χ1) is 7.53. The van der Waals surface area contributed by atoms with Gasteiger partial charge in [0.1, 0.15) is 7.14 Å². The lowest BCUT2D eigenvalue weighted by Gasteiger charge is -2.12. The summed E-state index contributed by atoms with van der Waals surface area (Å²) in [5.41, 5.74) is 1.47. The number of hydrogen-bond donors (Lipinski definition) is 1. The first-order valence-electron chi connectivity index (χ1n) is 5.84. The van der Waals surface area contributed by atoms with Crippen molar-refractivity contribution in [2.45, 2.75) is 32.6 Å². The smallest absolute Gasteiger partial charge is 0.185 e. The van der Waals surface area contributed by atoms with E-state index in [-0.39, 0.29) is 11.3 Å². The van der Waals surface area contributed by atoms with E-state index in [1.807, 2.05) is 13.8 Å². The molecule has 0 spiro atoms. The predicted molar refractivity (Wildman–Crippen MR) is 67.4 cm³/mol. The third-order valence-corrected chi connectivity index (χ3v) is 6.49. The molecule has 16 heavy (non-hydrogen) atoms. The predicted octanol–water partition coefficient (Wildman–Crippen LogP) is 2.28. The van der Waals surface area contributed by atoms with Crippen molar-refractivity contribution in [3.8, 4) is 0 Å². The maximum Gasteiger partial charge on any atom is 0.185 e. The minimum absolute atomic E-state index is 0.0193. The first kappa shape index (κ1) is 11.7. The first-order valence-corrected chi connectivity index (χ1v) is 7.92. The molecule has 1 N–H and O–H groups in total. The van der Waals surface area contributed by atoms with Crippen LogP contribution in [0.5, 0.6) is 0 Å². The lowest BCUT2D eigenvalue weighted by atomic mass is 10.1. The van der Waals surface area contributed by atoms with Crippen molar-refractivity contribution >= 4 is 12.6 Å². The Kier molecular flexibility index (Phi) is 3.07. The zero-order valence-electron chi connectivity index (χ0n) is 9.82. The van der Waals surface area contributed by atoms with Crippen LogP contribution in [0.4, 0.5) is 0 Å². The van der Waals surface area contributed by atoms with Gasteiger partial charge in [-0.15, -0.1) is 0 Å². The topological polar surface area (TPSA) is 49.9 Å². The molecule has 88 valence electrons. The van der Waals surface area contributed by atoms with Crippen LogP contribution in [0.25, 0.3) is 0 Å². The van der Waals surface area contributed by atoms with Gasteiger partial charge in [-0.1, -0.05) is 13.8 Å². The Morgan fingerprint density at radius 2 is 1.94 bits per heavy atom. The highest BCUT2D eigenvalue weighted by molar-refractivity contribution is 7.71. The van der Waals surface area contributed by atoms with Gasteiger partial charge in [0.05, 0.1) is 5.44 Å². The fourth-order valence-corrected chi connectivity index (χ4v) is 5.07. The summed E-state index contributed by atoms with van der Waals surface area (Å²) in [4.78, 5) is 14.9. The lowest BCUT2D eigenvalue weighted by molar-refractivity contribution is 0.584. The Bertz CT molecular complexity index is 480. The van der Waals surface area contributed by atoms with Crippen LogP contribution >= 0.6 is 7.14 Å². The summed E-state index contributed by atoms with van der Waals surface area (Å²) in [6, 6.07) is 1.56. The van der Waals surface area contributed by atoms with Gasteiger partial charge in [0.25, 0.3) is 0 Å². The summed E-state index contributed by atoms with van der Waals surface area (Å²) in [6.45, 7) is 3.98. The van der Waals surface area contributed by atoms with Crippen molar-refractivity contribution in [2.75, 3.05) is 12.3 Å². The van der Waals surface area contributed by atoms with E-state index >= 15 is 0 Å². The Hall–Kier alpha value is -0.820. The Balaban J connectivity index is 2.42.